The number of carbonyl (C=O) groups is 1. The van der Waals surface area contributed by atoms with Gasteiger partial charge < -0.3 is 9.47 Å². The van der Waals surface area contributed by atoms with Crippen LogP contribution in [0.2, 0.25) is 0 Å². The zero-order valence-corrected chi connectivity index (χ0v) is 18.2. The Labute approximate surface area is 179 Å². The van der Waals surface area contributed by atoms with Crippen molar-refractivity contribution in [2.45, 2.75) is 52.5 Å². The van der Waals surface area contributed by atoms with Crippen molar-refractivity contribution in [1.29, 1.82) is 0 Å². The Morgan fingerprint density at radius 2 is 1.73 bits per heavy atom. The minimum atomic E-state index is -0.265. The van der Waals surface area contributed by atoms with E-state index >= 15 is 0 Å². The quantitative estimate of drug-likeness (QED) is 0.607. The van der Waals surface area contributed by atoms with Crippen molar-refractivity contribution in [3.63, 3.8) is 0 Å². The molecule has 0 unspecified atom stereocenters. The highest BCUT2D eigenvalue weighted by Crippen LogP contribution is 2.23. The van der Waals surface area contributed by atoms with E-state index in [2.05, 4.69) is 19.7 Å². The molecule has 0 spiro atoms. The van der Waals surface area contributed by atoms with E-state index in [1.165, 1.54) is 23.5 Å². The molecule has 8 heteroatoms. The summed E-state index contributed by atoms with van der Waals surface area (Å²) in [7, 11) is 0. The molecule has 1 aromatic carbocycles. The van der Waals surface area contributed by atoms with Crippen molar-refractivity contribution in [3.05, 3.63) is 51.5 Å². The second-order valence-corrected chi connectivity index (χ2v) is 8.91. The van der Waals surface area contributed by atoms with Gasteiger partial charge in [-0.2, -0.15) is 0 Å². The number of halogens is 1. The van der Waals surface area contributed by atoms with Crippen LogP contribution in [0.15, 0.2) is 24.3 Å². The Balaban J connectivity index is 1.59. The maximum atomic E-state index is 13.3. The Morgan fingerprint density at radius 1 is 1.00 bits per heavy atom. The van der Waals surface area contributed by atoms with Gasteiger partial charge in [0.05, 0.1) is 10.7 Å². The molecule has 3 aromatic rings. The molecule has 0 aliphatic carbocycles. The van der Waals surface area contributed by atoms with Gasteiger partial charge in [0.2, 0.25) is 0 Å². The highest BCUT2D eigenvalue weighted by Gasteiger charge is 2.22. The van der Waals surface area contributed by atoms with E-state index in [-0.39, 0.29) is 11.7 Å². The van der Waals surface area contributed by atoms with Crippen molar-refractivity contribution in [2.24, 2.45) is 0 Å². The zero-order valence-electron chi connectivity index (χ0n) is 17.4. The summed E-state index contributed by atoms with van der Waals surface area (Å²) in [5.41, 5.74) is 1.66. The number of amides is 1. The molecular weight excluding hydrogens is 401 g/mol. The van der Waals surface area contributed by atoms with Gasteiger partial charge in [0, 0.05) is 31.6 Å². The number of fused-ring (bicyclic) bond motifs is 1. The van der Waals surface area contributed by atoms with E-state index in [0.29, 0.717) is 13.0 Å². The number of aryl methyl sites for hydroxylation is 2. The third kappa shape index (κ3) is 4.43. The van der Waals surface area contributed by atoms with Crippen molar-refractivity contribution in [3.8, 4) is 11.4 Å². The van der Waals surface area contributed by atoms with E-state index in [4.69, 9.17) is 0 Å². The van der Waals surface area contributed by atoms with Gasteiger partial charge in [-0.05, 0) is 51.0 Å². The molecule has 0 atom stereocenters. The molecule has 30 heavy (non-hydrogen) atoms. The standard InChI is InChI=1S/C22H26FN5OS/c1-15-20(30-16(2)24-15)22(29)27-12-5-3-4-6-13-28-19(11-14-27)25-26-21(28)17-7-9-18(23)10-8-17/h7-10H,3-6,11-14H2,1-2H3. The number of hydrogen-bond donors (Lipinski definition) is 0. The summed E-state index contributed by atoms with van der Waals surface area (Å²) >= 11 is 1.46. The van der Waals surface area contributed by atoms with Crippen LogP contribution in [0.4, 0.5) is 4.39 Å². The summed E-state index contributed by atoms with van der Waals surface area (Å²) < 4.78 is 15.5. The second kappa shape index (κ2) is 9.04. The van der Waals surface area contributed by atoms with Crippen LogP contribution in [0.25, 0.3) is 11.4 Å². The lowest BCUT2D eigenvalue weighted by Crippen LogP contribution is -2.34. The third-order valence-electron chi connectivity index (χ3n) is 5.48. The Bertz CT molecular complexity index is 1030. The third-order valence-corrected chi connectivity index (χ3v) is 6.54. The van der Waals surface area contributed by atoms with Crippen LogP contribution >= 0.6 is 11.3 Å². The first-order valence-electron chi connectivity index (χ1n) is 10.4. The van der Waals surface area contributed by atoms with Gasteiger partial charge in [0.25, 0.3) is 5.91 Å². The molecular formula is C22H26FN5OS. The van der Waals surface area contributed by atoms with Crippen molar-refractivity contribution >= 4 is 17.2 Å². The summed E-state index contributed by atoms with van der Waals surface area (Å²) in [5.74, 6) is 1.42. The fourth-order valence-electron chi connectivity index (χ4n) is 3.92. The molecule has 1 aliphatic heterocycles. The lowest BCUT2D eigenvalue weighted by Gasteiger charge is -2.22. The Kier molecular flexibility index (Phi) is 6.22. The first-order valence-corrected chi connectivity index (χ1v) is 11.3. The molecule has 158 valence electrons. The van der Waals surface area contributed by atoms with Crippen LogP contribution < -0.4 is 0 Å². The average Bonchev–Trinajstić information content (AvgIpc) is 3.27. The van der Waals surface area contributed by atoms with E-state index in [9.17, 15) is 9.18 Å². The lowest BCUT2D eigenvalue weighted by atomic mass is 10.1. The van der Waals surface area contributed by atoms with Gasteiger partial charge in [-0.1, -0.05) is 12.8 Å². The number of rotatable bonds is 2. The van der Waals surface area contributed by atoms with Crippen LogP contribution in [0.5, 0.6) is 0 Å². The lowest BCUT2D eigenvalue weighted by molar-refractivity contribution is 0.0757. The summed E-state index contributed by atoms with van der Waals surface area (Å²) in [4.78, 5) is 20.3. The SMILES string of the molecule is Cc1nc(C)c(C(=O)N2CCCCCCn3c(nnc3-c3ccc(F)cc3)CC2)s1. The summed E-state index contributed by atoms with van der Waals surface area (Å²) in [6.07, 6.45) is 4.82. The molecule has 1 aliphatic rings. The molecule has 0 saturated heterocycles. The molecule has 2 aromatic heterocycles. The van der Waals surface area contributed by atoms with Crippen LogP contribution in [0.1, 0.15) is 51.9 Å². The van der Waals surface area contributed by atoms with Gasteiger partial charge in [0.15, 0.2) is 5.82 Å². The molecule has 0 N–H and O–H groups in total. The molecule has 0 radical (unpaired) electrons. The fourth-order valence-corrected chi connectivity index (χ4v) is 4.80. The normalized spacial score (nSPS) is 15.5. The largest absolute Gasteiger partial charge is 0.337 e. The Morgan fingerprint density at radius 3 is 2.43 bits per heavy atom. The molecule has 0 bridgehead atoms. The molecule has 4 rings (SSSR count). The van der Waals surface area contributed by atoms with Crippen LogP contribution in [-0.4, -0.2) is 43.6 Å². The van der Waals surface area contributed by atoms with Gasteiger partial charge in [-0.25, -0.2) is 9.37 Å². The summed E-state index contributed by atoms with van der Waals surface area (Å²) in [6, 6.07) is 6.37. The average molecular weight is 428 g/mol. The van der Waals surface area contributed by atoms with E-state index in [1.807, 2.05) is 18.7 Å². The number of thiazole rings is 1. The molecule has 6 nitrogen and oxygen atoms in total. The highest BCUT2D eigenvalue weighted by molar-refractivity contribution is 7.13. The first kappa shape index (κ1) is 20.7. The molecule has 3 heterocycles. The predicted molar refractivity (Wildman–Crippen MR) is 115 cm³/mol. The Hall–Kier alpha value is -2.61. The second-order valence-electron chi connectivity index (χ2n) is 7.70. The van der Waals surface area contributed by atoms with Crippen molar-refractivity contribution < 1.29 is 9.18 Å². The van der Waals surface area contributed by atoms with Gasteiger partial charge in [-0.15, -0.1) is 21.5 Å². The fraction of sp³-hybridized carbons (Fsp3) is 0.455. The number of aromatic nitrogens is 4. The van der Waals surface area contributed by atoms with Gasteiger partial charge >= 0.3 is 0 Å². The van der Waals surface area contributed by atoms with Crippen LogP contribution in [0, 0.1) is 19.7 Å². The van der Waals surface area contributed by atoms with Gasteiger partial charge in [-0.3, -0.25) is 4.79 Å². The van der Waals surface area contributed by atoms with E-state index in [1.54, 1.807) is 12.1 Å². The maximum Gasteiger partial charge on any atom is 0.265 e. The predicted octanol–water partition coefficient (Wildman–Crippen LogP) is 4.42. The monoisotopic (exact) mass is 427 g/mol. The van der Waals surface area contributed by atoms with Crippen LogP contribution in [0.3, 0.4) is 0 Å². The minimum absolute atomic E-state index is 0.0576. The van der Waals surface area contributed by atoms with Crippen molar-refractivity contribution in [2.75, 3.05) is 13.1 Å². The highest BCUT2D eigenvalue weighted by atomic mass is 32.1. The van der Waals surface area contributed by atoms with Gasteiger partial charge in [0.1, 0.15) is 16.5 Å². The number of benzene rings is 1. The van der Waals surface area contributed by atoms with E-state index < -0.39 is 0 Å². The number of carbonyl (C=O) groups excluding carboxylic acids is 1. The summed E-state index contributed by atoms with van der Waals surface area (Å²) in [5, 5.41) is 9.72. The van der Waals surface area contributed by atoms with Crippen molar-refractivity contribution in [1.82, 2.24) is 24.6 Å². The zero-order chi connectivity index (χ0) is 21.1. The minimum Gasteiger partial charge on any atom is -0.337 e. The maximum absolute atomic E-state index is 13.3. The summed E-state index contributed by atoms with van der Waals surface area (Å²) in [6.45, 7) is 6.00. The molecule has 1 amide bonds. The first-order chi connectivity index (χ1) is 14.5. The topological polar surface area (TPSA) is 63.9 Å². The van der Waals surface area contributed by atoms with E-state index in [0.717, 1.165) is 71.6 Å². The number of hydrogen-bond acceptors (Lipinski definition) is 5. The number of nitrogens with zero attached hydrogens (tertiary/aromatic N) is 5. The smallest absolute Gasteiger partial charge is 0.265 e. The molecule has 0 saturated carbocycles. The van der Waals surface area contributed by atoms with Crippen LogP contribution in [-0.2, 0) is 13.0 Å². The molecule has 0 fully saturated rings.